The Morgan fingerprint density at radius 3 is 0.800 bits per heavy atom. The predicted octanol–water partition coefficient (Wildman–Crippen LogP) is 7.35. The van der Waals surface area contributed by atoms with Crippen molar-refractivity contribution in [3.8, 4) is 0 Å². The van der Waals surface area contributed by atoms with Crippen molar-refractivity contribution in [1.29, 1.82) is 0 Å². The van der Waals surface area contributed by atoms with Gasteiger partial charge in [-0.05, 0) is 0 Å². The maximum Gasteiger partial charge on any atom is 0 e. The average molecular weight is 400 g/mol. The van der Waals surface area contributed by atoms with Crippen LogP contribution < -0.4 is 0 Å². The Hall–Kier alpha value is 0.346. The maximum absolute atomic E-state index is 4.54. The molecular weight excluding hydrogens is 355 g/mol. The molecule has 0 saturated heterocycles. The first kappa shape index (κ1) is 30.1. The molecule has 157 valence electrons. The van der Waals surface area contributed by atoms with E-state index >= 15 is 0 Å². The molecule has 5 heteroatoms. The molecule has 0 aliphatic rings. The fourth-order valence-electron chi connectivity index (χ4n) is 2.27. The standard InChI is InChI=1S/2C10H22N2.Co/c2*1-6-7-10(11-8(2)3)12-9(4)5;/h2*8-10H,6-7H2,1-5H3;/q2*-2;. The normalized spacial score (nSPS) is 11.5. The van der Waals surface area contributed by atoms with Gasteiger partial charge in [0.15, 0.2) is 0 Å². The molecule has 0 aromatic heterocycles. The summed E-state index contributed by atoms with van der Waals surface area (Å²) in [6, 6.07) is 1.63. The molecule has 0 aliphatic heterocycles. The van der Waals surface area contributed by atoms with Gasteiger partial charge in [-0.3, -0.25) is 0 Å². The van der Waals surface area contributed by atoms with Crippen molar-refractivity contribution < 1.29 is 16.8 Å². The van der Waals surface area contributed by atoms with E-state index < -0.39 is 0 Å². The quantitative estimate of drug-likeness (QED) is 0.329. The van der Waals surface area contributed by atoms with E-state index in [-0.39, 0.29) is 29.1 Å². The topological polar surface area (TPSA) is 56.4 Å². The second-order valence-corrected chi connectivity index (χ2v) is 7.51. The Labute approximate surface area is 169 Å². The van der Waals surface area contributed by atoms with Gasteiger partial charge in [-0.2, -0.15) is 0 Å². The monoisotopic (exact) mass is 399 g/mol. The van der Waals surface area contributed by atoms with Crippen molar-refractivity contribution in [2.75, 3.05) is 0 Å². The Bertz CT molecular complexity index is 212. The summed E-state index contributed by atoms with van der Waals surface area (Å²) >= 11 is 0. The Kier molecular flexibility index (Phi) is 23.0. The van der Waals surface area contributed by atoms with Gasteiger partial charge in [0.05, 0.1) is 0 Å². The summed E-state index contributed by atoms with van der Waals surface area (Å²) in [5, 5.41) is 18.2. The van der Waals surface area contributed by atoms with Crippen LogP contribution in [0.15, 0.2) is 0 Å². The Morgan fingerprint density at radius 2 is 0.680 bits per heavy atom. The molecule has 0 rings (SSSR count). The third-order valence-corrected chi connectivity index (χ3v) is 2.97. The molecule has 0 aliphatic carbocycles. The fraction of sp³-hybridized carbons (Fsp3) is 1.00. The van der Waals surface area contributed by atoms with E-state index in [1.807, 2.05) is 0 Å². The Morgan fingerprint density at radius 1 is 0.480 bits per heavy atom. The van der Waals surface area contributed by atoms with Crippen molar-refractivity contribution in [2.45, 2.75) is 131 Å². The molecule has 0 bridgehead atoms. The molecule has 0 aromatic rings. The van der Waals surface area contributed by atoms with Crippen molar-refractivity contribution in [1.82, 2.24) is 0 Å². The molecule has 0 amide bonds. The van der Waals surface area contributed by atoms with Gasteiger partial charge >= 0.3 is 0 Å². The van der Waals surface area contributed by atoms with Gasteiger partial charge in [-0.25, -0.2) is 12.3 Å². The van der Waals surface area contributed by atoms with Crippen LogP contribution in [0.4, 0.5) is 0 Å². The van der Waals surface area contributed by atoms with Crippen LogP contribution >= 0.6 is 0 Å². The zero-order valence-electron chi connectivity index (χ0n) is 18.4. The van der Waals surface area contributed by atoms with Gasteiger partial charge in [-0.1, -0.05) is 94.9 Å². The van der Waals surface area contributed by atoms with E-state index in [2.05, 4.69) is 90.5 Å². The Balaban J connectivity index is -0.000000372. The van der Waals surface area contributed by atoms with Gasteiger partial charge < -0.3 is 21.3 Å². The number of hydrogen-bond acceptors (Lipinski definition) is 0. The van der Waals surface area contributed by atoms with Crippen molar-refractivity contribution >= 4 is 0 Å². The molecule has 0 unspecified atom stereocenters. The molecule has 0 aromatic carbocycles. The largest absolute Gasteiger partial charge is 0.676 e. The second kappa shape index (κ2) is 19.1. The first-order valence-electron chi connectivity index (χ1n) is 9.92. The van der Waals surface area contributed by atoms with Crippen LogP contribution in [0.5, 0.6) is 0 Å². The minimum absolute atomic E-state index is 0. The third kappa shape index (κ3) is 24.3. The molecule has 0 fully saturated rings. The summed E-state index contributed by atoms with van der Waals surface area (Å²) in [5.74, 6) is 0. The second-order valence-electron chi connectivity index (χ2n) is 7.51. The summed E-state index contributed by atoms with van der Waals surface area (Å²) in [6.45, 7) is 21.2. The van der Waals surface area contributed by atoms with Crippen molar-refractivity contribution in [2.24, 2.45) is 0 Å². The summed E-state index contributed by atoms with van der Waals surface area (Å²) in [6.07, 6.45) is 4.98. The number of hydrogen-bond donors (Lipinski definition) is 0. The molecule has 0 spiro atoms. The zero-order valence-corrected chi connectivity index (χ0v) is 19.5. The van der Waals surface area contributed by atoms with Crippen LogP contribution in [-0.2, 0) is 16.8 Å². The van der Waals surface area contributed by atoms with Crippen LogP contribution in [0.2, 0.25) is 0 Å². The van der Waals surface area contributed by atoms with Crippen molar-refractivity contribution in [3.63, 3.8) is 0 Å². The van der Waals surface area contributed by atoms with Gasteiger partial charge in [0.1, 0.15) is 0 Å². The molecule has 0 saturated carbocycles. The van der Waals surface area contributed by atoms with Gasteiger partial charge in [0.2, 0.25) is 0 Å². The van der Waals surface area contributed by atoms with Gasteiger partial charge in [0.25, 0.3) is 0 Å². The molecule has 0 atom stereocenters. The van der Waals surface area contributed by atoms with E-state index in [1.54, 1.807) is 0 Å². The van der Waals surface area contributed by atoms with Crippen LogP contribution in [0.1, 0.15) is 94.9 Å². The smallest absolute Gasteiger partial charge is 0 e. The van der Waals surface area contributed by atoms with Crippen LogP contribution in [0, 0.1) is 0 Å². The molecule has 0 heterocycles. The van der Waals surface area contributed by atoms with E-state index in [4.69, 9.17) is 0 Å². The van der Waals surface area contributed by atoms with Crippen LogP contribution in [0.3, 0.4) is 0 Å². The number of nitrogens with zero attached hydrogens (tertiary/aromatic N) is 4. The van der Waals surface area contributed by atoms with Crippen molar-refractivity contribution in [3.05, 3.63) is 21.3 Å². The minimum Gasteiger partial charge on any atom is -0.676 e. The van der Waals surface area contributed by atoms with Crippen LogP contribution in [0.25, 0.3) is 21.3 Å². The number of rotatable bonds is 12. The predicted molar refractivity (Wildman–Crippen MR) is 111 cm³/mol. The fourth-order valence-corrected chi connectivity index (χ4v) is 2.27. The third-order valence-electron chi connectivity index (χ3n) is 2.97. The van der Waals surface area contributed by atoms with E-state index in [0.717, 1.165) is 25.7 Å². The first-order chi connectivity index (χ1) is 11.1. The first-order valence-corrected chi connectivity index (χ1v) is 9.92. The van der Waals surface area contributed by atoms with E-state index in [9.17, 15) is 0 Å². The SMILES string of the molecule is CCCC([N-]C(C)C)[N-]C(C)C.CCCC([N-]C(C)C)[N-]C(C)C.[Co]. The van der Waals surface area contributed by atoms with Gasteiger partial charge in [-0.15, -0.1) is 24.2 Å². The molecule has 25 heavy (non-hydrogen) atoms. The zero-order chi connectivity index (χ0) is 19.1. The van der Waals surface area contributed by atoms with Gasteiger partial charge in [0, 0.05) is 16.8 Å². The molecule has 0 N–H and O–H groups in total. The summed E-state index contributed by atoms with van der Waals surface area (Å²) in [5.41, 5.74) is 0. The van der Waals surface area contributed by atoms with Crippen LogP contribution in [-0.4, -0.2) is 36.5 Å². The average Bonchev–Trinajstić information content (AvgIpc) is 2.36. The molecule has 4 nitrogen and oxygen atoms in total. The summed E-state index contributed by atoms with van der Waals surface area (Å²) in [7, 11) is 0. The minimum atomic E-state index is 0. The molecule has 1 radical (unpaired) electrons. The summed E-state index contributed by atoms with van der Waals surface area (Å²) in [4.78, 5) is 0. The van der Waals surface area contributed by atoms with E-state index in [1.165, 1.54) is 0 Å². The van der Waals surface area contributed by atoms with E-state index in [0.29, 0.717) is 24.2 Å². The maximum atomic E-state index is 4.54. The molecular formula is C20H44CoN4-4. The summed E-state index contributed by atoms with van der Waals surface area (Å²) < 4.78 is 0.